The molecule has 0 radical (unpaired) electrons. The Morgan fingerprint density at radius 1 is 1.00 bits per heavy atom. The van der Waals surface area contributed by atoms with Crippen LogP contribution in [0.2, 0.25) is 0 Å². The van der Waals surface area contributed by atoms with Crippen LogP contribution < -0.4 is 5.32 Å². The highest BCUT2D eigenvalue weighted by Gasteiger charge is 2.27. The second-order valence-corrected chi connectivity index (χ2v) is 5.08. The van der Waals surface area contributed by atoms with Crippen molar-refractivity contribution in [3.8, 4) is 0 Å². The predicted octanol–water partition coefficient (Wildman–Crippen LogP) is 4.14. The van der Waals surface area contributed by atoms with Gasteiger partial charge in [0.05, 0.1) is 5.54 Å². The van der Waals surface area contributed by atoms with Gasteiger partial charge in [0, 0.05) is 0 Å². The molecule has 1 N–H and O–H groups in total. The SMILES string of the molecule is CCC(C/C=C/c1ccccc1)(NC=O)c1ccccc1. The normalized spacial score (nSPS) is 13.8. The van der Waals surface area contributed by atoms with E-state index in [1.165, 1.54) is 5.56 Å². The molecule has 1 unspecified atom stereocenters. The van der Waals surface area contributed by atoms with Gasteiger partial charge in [-0.05, 0) is 24.0 Å². The highest BCUT2D eigenvalue weighted by atomic mass is 16.1. The summed E-state index contributed by atoms with van der Waals surface area (Å²) in [5, 5.41) is 3.02. The fourth-order valence-corrected chi connectivity index (χ4v) is 2.54. The third kappa shape index (κ3) is 3.82. The van der Waals surface area contributed by atoms with Crippen molar-refractivity contribution in [2.75, 3.05) is 0 Å². The van der Waals surface area contributed by atoms with Crippen LogP contribution in [0.15, 0.2) is 66.7 Å². The average Bonchev–Trinajstić information content (AvgIpc) is 2.56. The van der Waals surface area contributed by atoms with E-state index in [2.05, 4.69) is 48.7 Å². The van der Waals surface area contributed by atoms with Gasteiger partial charge in [0.1, 0.15) is 0 Å². The first-order chi connectivity index (χ1) is 10.3. The van der Waals surface area contributed by atoms with Gasteiger partial charge in [-0.15, -0.1) is 0 Å². The average molecular weight is 279 g/mol. The highest BCUT2D eigenvalue weighted by Crippen LogP contribution is 2.29. The molecule has 21 heavy (non-hydrogen) atoms. The molecule has 0 aromatic heterocycles. The van der Waals surface area contributed by atoms with E-state index in [9.17, 15) is 4.79 Å². The van der Waals surface area contributed by atoms with Crippen LogP contribution in [0.1, 0.15) is 30.9 Å². The molecule has 0 bridgehead atoms. The topological polar surface area (TPSA) is 29.1 Å². The molecule has 0 aliphatic heterocycles. The molecule has 0 aliphatic rings. The van der Waals surface area contributed by atoms with E-state index < -0.39 is 0 Å². The van der Waals surface area contributed by atoms with Crippen molar-refractivity contribution in [1.29, 1.82) is 0 Å². The van der Waals surface area contributed by atoms with Gasteiger partial charge in [0.25, 0.3) is 0 Å². The molecule has 0 saturated heterocycles. The van der Waals surface area contributed by atoms with Gasteiger partial charge in [-0.3, -0.25) is 4.79 Å². The van der Waals surface area contributed by atoms with Crippen LogP contribution in [0.25, 0.3) is 6.08 Å². The maximum atomic E-state index is 11.1. The summed E-state index contributed by atoms with van der Waals surface area (Å²) in [4.78, 5) is 11.1. The molecule has 2 aromatic carbocycles. The first kappa shape index (κ1) is 15.0. The molecule has 0 fully saturated rings. The van der Waals surface area contributed by atoms with Crippen LogP contribution in [0.3, 0.4) is 0 Å². The molecule has 0 spiro atoms. The summed E-state index contributed by atoms with van der Waals surface area (Å²) in [5.41, 5.74) is 1.97. The van der Waals surface area contributed by atoms with Crippen LogP contribution in [-0.4, -0.2) is 6.41 Å². The van der Waals surface area contributed by atoms with Gasteiger partial charge in [-0.1, -0.05) is 79.7 Å². The minimum atomic E-state index is -0.339. The summed E-state index contributed by atoms with van der Waals surface area (Å²) >= 11 is 0. The second-order valence-electron chi connectivity index (χ2n) is 5.08. The maximum absolute atomic E-state index is 11.1. The Morgan fingerprint density at radius 3 is 2.19 bits per heavy atom. The summed E-state index contributed by atoms with van der Waals surface area (Å²) in [5.74, 6) is 0. The summed E-state index contributed by atoms with van der Waals surface area (Å²) in [6.45, 7) is 2.10. The zero-order chi connectivity index (χ0) is 15.0. The standard InChI is InChI=1S/C19H21NO/c1-2-19(20-16-21,18-13-7-4-8-14-18)15-9-12-17-10-5-3-6-11-17/h3-14,16H,2,15H2,1H3,(H,20,21)/b12-9+. The lowest BCUT2D eigenvalue weighted by Crippen LogP contribution is -2.40. The van der Waals surface area contributed by atoms with Gasteiger partial charge in [0.15, 0.2) is 0 Å². The molecular weight excluding hydrogens is 258 g/mol. The van der Waals surface area contributed by atoms with Crippen molar-refractivity contribution in [2.45, 2.75) is 25.3 Å². The number of nitrogens with one attached hydrogen (secondary N) is 1. The summed E-state index contributed by atoms with van der Waals surface area (Å²) in [7, 11) is 0. The van der Waals surface area contributed by atoms with E-state index in [1.54, 1.807) is 0 Å². The van der Waals surface area contributed by atoms with Gasteiger partial charge in [0.2, 0.25) is 6.41 Å². The number of carbonyl (C=O) groups is 1. The smallest absolute Gasteiger partial charge is 0.207 e. The van der Waals surface area contributed by atoms with Gasteiger partial charge in [-0.25, -0.2) is 0 Å². The Balaban J connectivity index is 2.21. The quantitative estimate of drug-likeness (QED) is 0.758. The number of hydrogen-bond acceptors (Lipinski definition) is 1. The van der Waals surface area contributed by atoms with Gasteiger partial charge >= 0.3 is 0 Å². The Morgan fingerprint density at radius 2 is 1.62 bits per heavy atom. The maximum Gasteiger partial charge on any atom is 0.207 e. The van der Waals surface area contributed by atoms with Gasteiger partial charge < -0.3 is 5.32 Å². The van der Waals surface area contributed by atoms with Crippen LogP contribution in [0, 0.1) is 0 Å². The Bertz CT molecular complexity index is 577. The highest BCUT2D eigenvalue weighted by molar-refractivity contribution is 5.52. The van der Waals surface area contributed by atoms with Gasteiger partial charge in [-0.2, -0.15) is 0 Å². The van der Waals surface area contributed by atoms with Crippen molar-refractivity contribution in [3.63, 3.8) is 0 Å². The molecule has 0 saturated carbocycles. The van der Waals surface area contributed by atoms with E-state index >= 15 is 0 Å². The fraction of sp³-hybridized carbons (Fsp3) is 0.211. The lowest BCUT2D eigenvalue weighted by atomic mass is 9.84. The fourth-order valence-electron chi connectivity index (χ4n) is 2.54. The number of benzene rings is 2. The predicted molar refractivity (Wildman–Crippen MR) is 87.7 cm³/mol. The minimum Gasteiger partial charge on any atom is -0.349 e. The molecular formula is C19H21NO. The molecule has 0 heterocycles. The molecule has 1 atom stereocenters. The first-order valence-electron chi connectivity index (χ1n) is 7.29. The zero-order valence-corrected chi connectivity index (χ0v) is 12.3. The Hall–Kier alpha value is -2.35. The number of carbonyl (C=O) groups excluding carboxylic acids is 1. The summed E-state index contributed by atoms with van der Waals surface area (Å²) in [6.07, 6.45) is 6.63. The zero-order valence-electron chi connectivity index (χ0n) is 12.3. The third-order valence-electron chi connectivity index (χ3n) is 3.84. The second kappa shape index (κ2) is 7.44. The van der Waals surface area contributed by atoms with E-state index in [0.29, 0.717) is 0 Å². The number of amides is 1. The Labute approximate surface area is 126 Å². The van der Waals surface area contributed by atoms with Crippen molar-refractivity contribution >= 4 is 12.5 Å². The van der Waals surface area contributed by atoms with E-state index in [1.807, 2.05) is 36.4 Å². The molecule has 2 nitrogen and oxygen atoms in total. The summed E-state index contributed by atoms with van der Waals surface area (Å²) < 4.78 is 0. The van der Waals surface area contributed by atoms with Crippen molar-refractivity contribution < 1.29 is 4.79 Å². The van der Waals surface area contributed by atoms with E-state index in [-0.39, 0.29) is 5.54 Å². The molecule has 1 amide bonds. The van der Waals surface area contributed by atoms with Crippen molar-refractivity contribution in [1.82, 2.24) is 5.32 Å². The van der Waals surface area contributed by atoms with Crippen molar-refractivity contribution in [3.05, 3.63) is 77.9 Å². The molecule has 2 heteroatoms. The van der Waals surface area contributed by atoms with Crippen molar-refractivity contribution in [2.24, 2.45) is 0 Å². The summed E-state index contributed by atoms with van der Waals surface area (Å²) in [6, 6.07) is 20.3. The lowest BCUT2D eigenvalue weighted by molar-refractivity contribution is -0.111. The largest absolute Gasteiger partial charge is 0.349 e. The third-order valence-corrected chi connectivity index (χ3v) is 3.84. The molecule has 0 aliphatic carbocycles. The first-order valence-corrected chi connectivity index (χ1v) is 7.29. The Kier molecular flexibility index (Phi) is 5.33. The van der Waals surface area contributed by atoms with Crippen LogP contribution in [-0.2, 0) is 10.3 Å². The number of rotatable bonds is 7. The van der Waals surface area contributed by atoms with Crippen LogP contribution in [0.5, 0.6) is 0 Å². The van der Waals surface area contributed by atoms with E-state index in [0.717, 1.165) is 24.8 Å². The minimum absolute atomic E-state index is 0.339. The van der Waals surface area contributed by atoms with Crippen LogP contribution >= 0.6 is 0 Å². The lowest BCUT2D eigenvalue weighted by Gasteiger charge is -2.32. The number of hydrogen-bond donors (Lipinski definition) is 1. The molecule has 2 rings (SSSR count). The molecule has 108 valence electrons. The molecule has 2 aromatic rings. The van der Waals surface area contributed by atoms with E-state index in [4.69, 9.17) is 0 Å². The monoisotopic (exact) mass is 279 g/mol. The van der Waals surface area contributed by atoms with Crippen LogP contribution in [0.4, 0.5) is 0 Å².